The van der Waals surface area contributed by atoms with Crippen LogP contribution in [0.3, 0.4) is 0 Å². The predicted molar refractivity (Wildman–Crippen MR) is 104 cm³/mol. The van der Waals surface area contributed by atoms with E-state index in [4.69, 9.17) is 14.7 Å². The fourth-order valence-corrected chi connectivity index (χ4v) is 3.13. The van der Waals surface area contributed by atoms with Crippen molar-refractivity contribution in [2.45, 2.75) is 6.54 Å². The maximum Gasteiger partial charge on any atom is 0.265 e. The molecule has 0 spiro atoms. The minimum Gasteiger partial charge on any atom is -0.491 e. The van der Waals surface area contributed by atoms with Gasteiger partial charge in [-0.2, -0.15) is 10.4 Å². The first kappa shape index (κ1) is 18.2. The number of nitriles is 1. The highest BCUT2D eigenvalue weighted by Crippen LogP contribution is 2.36. The van der Waals surface area contributed by atoms with Crippen LogP contribution in [0.5, 0.6) is 11.6 Å². The Labute approximate surface area is 166 Å². The van der Waals surface area contributed by atoms with Crippen molar-refractivity contribution in [3.8, 4) is 29.0 Å². The molecule has 0 unspecified atom stereocenters. The number of ether oxygens (including phenoxy) is 2. The Hall–Kier alpha value is -4.19. The zero-order chi connectivity index (χ0) is 20.5. The molecule has 9 heteroatoms. The van der Waals surface area contributed by atoms with Crippen molar-refractivity contribution < 1.29 is 14.3 Å². The number of pyridine rings is 2. The third-order valence-electron chi connectivity index (χ3n) is 4.51. The van der Waals surface area contributed by atoms with Crippen molar-refractivity contribution in [3.63, 3.8) is 0 Å². The first-order valence-corrected chi connectivity index (χ1v) is 8.60. The first-order valence-electron chi connectivity index (χ1n) is 8.60. The summed E-state index contributed by atoms with van der Waals surface area (Å²) in [4.78, 5) is 23.2. The van der Waals surface area contributed by atoms with Gasteiger partial charge in [-0.05, 0) is 18.2 Å². The summed E-state index contributed by atoms with van der Waals surface area (Å²) in [5.41, 5.74) is 3.23. The summed E-state index contributed by atoms with van der Waals surface area (Å²) in [5.74, 6) is 0.609. The maximum atomic E-state index is 12.9. The second-order valence-corrected chi connectivity index (χ2v) is 6.17. The van der Waals surface area contributed by atoms with Gasteiger partial charge in [-0.1, -0.05) is 6.58 Å². The van der Waals surface area contributed by atoms with Crippen molar-refractivity contribution in [3.05, 3.63) is 54.6 Å². The minimum atomic E-state index is -0.244. The van der Waals surface area contributed by atoms with E-state index >= 15 is 0 Å². The Morgan fingerprint density at radius 2 is 2.07 bits per heavy atom. The smallest absolute Gasteiger partial charge is 0.265 e. The zero-order valence-corrected chi connectivity index (χ0v) is 15.8. The quantitative estimate of drug-likeness (QED) is 0.661. The highest BCUT2D eigenvalue weighted by molar-refractivity contribution is 6.21. The molecule has 3 aromatic heterocycles. The van der Waals surface area contributed by atoms with Gasteiger partial charge in [-0.25, -0.2) is 9.97 Å². The lowest BCUT2D eigenvalue weighted by molar-refractivity contribution is 0.101. The molecule has 29 heavy (non-hydrogen) atoms. The molecular weight excluding hydrogens is 372 g/mol. The molecule has 1 aliphatic heterocycles. The standard InChI is InChI=1S/C20H16N6O3/c1-12-18-15(20(27)26(12)14-10-23-25(11-14)7-6-21)4-5-16(24-18)13-8-17(28-2)19(29-3)22-9-13/h4-5,8-11H,1,7H2,2-3H3. The van der Waals surface area contributed by atoms with E-state index < -0.39 is 0 Å². The molecular formula is C20H16N6O3. The largest absolute Gasteiger partial charge is 0.491 e. The fraction of sp³-hybridized carbons (Fsp3) is 0.150. The van der Waals surface area contributed by atoms with E-state index in [1.807, 2.05) is 6.07 Å². The van der Waals surface area contributed by atoms with E-state index in [0.717, 1.165) is 0 Å². The summed E-state index contributed by atoms with van der Waals surface area (Å²) < 4.78 is 11.9. The summed E-state index contributed by atoms with van der Waals surface area (Å²) in [6.07, 6.45) is 4.77. The summed E-state index contributed by atoms with van der Waals surface area (Å²) in [7, 11) is 3.05. The number of fused-ring (bicyclic) bond motifs is 1. The number of hydrogen-bond donors (Lipinski definition) is 0. The molecule has 0 atom stereocenters. The number of rotatable bonds is 5. The molecule has 9 nitrogen and oxygen atoms in total. The van der Waals surface area contributed by atoms with Crippen LogP contribution in [0.1, 0.15) is 16.1 Å². The number of amides is 1. The van der Waals surface area contributed by atoms with Crippen molar-refractivity contribution >= 4 is 17.3 Å². The van der Waals surface area contributed by atoms with Gasteiger partial charge < -0.3 is 9.47 Å². The van der Waals surface area contributed by atoms with Crippen LogP contribution in [0, 0.1) is 11.3 Å². The highest BCUT2D eigenvalue weighted by atomic mass is 16.5. The normalized spacial score (nSPS) is 12.7. The van der Waals surface area contributed by atoms with Crippen LogP contribution in [0.2, 0.25) is 0 Å². The molecule has 0 radical (unpaired) electrons. The lowest BCUT2D eigenvalue weighted by atomic mass is 10.1. The van der Waals surface area contributed by atoms with Gasteiger partial charge in [-0.3, -0.25) is 14.4 Å². The van der Waals surface area contributed by atoms with Gasteiger partial charge in [0, 0.05) is 11.8 Å². The number of hydrogen-bond acceptors (Lipinski definition) is 7. The molecule has 0 fully saturated rings. The van der Waals surface area contributed by atoms with Gasteiger partial charge in [-0.15, -0.1) is 0 Å². The van der Waals surface area contributed by atoms with Crippen LogP contribution in [0.4, 0.5) is 5.69 Å². The molecule has 4 rings (SSSR count). The number of anilines is 1. The zero-order valence-electron chi connectivity index (χ0n) is 15.8. The third-order valence-corrected chi connectivity index (χ3v) is 4.51. The lowest BCUT2D eigenvalue weighted by Gasteiger charge is -2.14. The molecule has 1 amide bonds. The highest BCUT2D eigenvalue weighted by Gasteiger charge is 2.34. The first-order chi connectivity index (χ1) is 14.1. The molecule has 0 saturated carbocycles. The Bertz CT molecular complexity index is 1180. The van der Waals surface area contributed by atoms with E-state index in [9.17, 15) is 4.79 Å². The van der Waals surface area contributed by atoms with Crippen LogP contribution < -0.4 is 14.4 Å². The van der Waals surface area contributed by atoms with E-state index in [1.54, 1.807) is 30.6 Å². The third kappa shape index (κ3) is 2.96. The second kappa shape index (κ2) is 7.09. The Morgan fingerprint density at radius 3 is 2.79 bits per heavy atom. The van der Waals surface area contributed by atoms with Gasteiger partial charge in [0.15, 0.2) is 5.75 Å². The molecule has 0 N–H and O–H groups in total. The fourth-order valence-electron chi connectivity index (χ4n) is 3.13. The van der Waals surface area contributed by atoms with Crippen LogP contribution >= 0.6 is 0 Å². The monoisotopic (exact) mass is 388 g/mol. The van der Waals surface area contributed by atoms with Crippen molar-refractivity contribution in [2.24, 2.45) is 0 Å². The van der Waals surface area contributed by atoms with Gasteiger partial charge >= 0.3 is 0 Å². The average Bonchev–Trinajstić information content (AvgIpc) is 3.30. The summed E-state index contributed by atoms with van der Waals surface area (Å²) in [5, 5.41) is 12.9. The summed E-state index contributed by atoms with van der Waals surface area (Å²) in [6, 6.07) is 7.23. The molecule has 0 bridgehead atoms. The predicted octanol–water partition coefficient (Wildman–Crippen LogP) is 2.51. The number of carbonyl (C=O) groups is 1. The van der Waals surface area contributed by atoms with Crippen LogP contribution in [0.15, 0.2) is 43.4 Å². The number of carbonyl (C=O) groups excluding carboxylic acids is 1. The number of nitrogens with zero attached hydrogens (tertiary/aromatic N) is 6. The van der Waals surface area contributed by atoms with E-state index in [2.05, 4.69) is 21.6 Å². The summed E-state index contributed by atoms with van der Waals surface area (Å²) in [6.45, 7) is 4.13. The molecule has 144 valence electrons. The molecule has 3 aromatic rings. The van der Waals surface area contributed by atoms with Crippen LogP contribution in [-0.4, -0.2) is 39.9 Å². The SMILES string of the molecule is C=C1c2nc(-c3cnc(OC)c(OC)c3)ccc2C(=O)N1c1cnn(CC#N)c1. The van der Waals surface area contributed by atoms with E-state index in [0.29, 0.717) is 45.5 Å². The Kier molecular flexibility index (Phi) is 4.44. The topological polar surface area (TPSA) is 106 Å². The number of aromatic nitrogens is 4. The molecule has 0 saturated heterocycles. The van der Waals surface area contributed by atoms with Gasteiger partial charge in [0.2, 0.25) is 0 Å². The van der Waals surface area contributed by atoms with Crippen molar-refractivity contribution in [1.29, 1.82) is 5.26 Å². The van der Waals surface area contributed by atoms with E-state index in [1.165, 1.54) is 30.0 Å². The molecule has 1 aliphatic rings. The Balaban J connectivity index is 1.71. The van der Waals surface area contributed by atoms with Crippen molar-refractivity contribution in [2.75, 3.05) is 19.1 Å². The molecule has 4 heterocycles. The number of methoxy groups -OCH3 is 2. The van der Waals surface area contributed by atoms with Gasteiger partial charge in [0.25, 0.3) is 11.8 Å². The van der Waals surface area contributed by atoms with E-state index in [-0.39, 0.29) is 12.5 Å². The van der Waals surface area contributed by atoms with Gasteiger partial charge in [0.1, 0.15) is 12.2 Å². The lowest BCUT2D eigenvalue weighted by Crippen LogP contribution is -2.21. The average molecular weight is 388 g/mol. The van der Waals surface area contributed by atoms with Gasteiger partial charge in [0.05, 0.1) is 55.3 Å². The summed E-state index contributed by atoms with van der Waals surface area (Å²) >= 11 is 0. The molecule has 0 aromatic carbocycles. The van der Waals surface area contributed by atoms with Crippen LogP contribution in [0.25, 0.3) is 17.0 Å². The minimum absolute atomic E-state index is 0.0934. The van der Waals surface area contributed by atoms with Crippen LogP contribution in [-0.2, 0) is 6.54 Å². The Morgan fingerprint density at radius 1 is 1.24 bits per heavy atom. The maximum absolute atomic E-state index is 12.9. The van der Waals surface area contributed by atoms with Crippen molar-refractivity contribution in [1.82, 2.24) is 19.7 Å². The molecule has 0 aliphatic carbocycles. The second-order valence-electron chi connectivity index (χ2n) is 6.17.